The standard InChI is InChI=1S/C63H108O26/c1-10-13-15-16-18-22-27-31-42(67)84-57-56(89-60-46(71)44(69)43(68)40(32-64)82-60)53(87-59-47(72)45(70)50(34(5)76-59)85-58(75)33(4)12-3)37(8)79-63(57)86-52-36(7)78-62-54(49(52)74)83-41(66)30-26-23-20-17-19-21-25-29-39(28-24-14-11-2)81-61-55(88-62)48(73)51(35(6)77-61)80-38(9)65/h33-37,39-40,43-57,59-64,68-74H,10-32H2,1-9H3/t33-,34-,35+,36-,37-,39-,40+,43+,44-,45-,46+,47+,48-,49+,50-,51-,52-,53-,54+,55+,56+,57+,59-,60-,61-,62-,63-/m0/s1. The van der Waals surface area contributed by atoms with Gasteiger partial charge >= 0.3 is 23.9 Å². The Balaban J connectivity index is 1.38. The van der Waals surface area contributed by atoms with Crippen LogP contribution >= 0.6 is 0 Å². The van der Waals surface area contributed by atoms with Crippen molar-refractivity contribution in [2.75, 3.05) is 6.61 Å². The highest BCUT2D eigenvalue weighted by molar-refractivity contribution is 5.72. The molecule has 0 aromatic heterocycles. The summed E-state index contributed by atoms with van der Waals surface area (Å²) < 4.78 is 88.1. The number of aliphatic hydroxyl groups excluding tert-OH is 8. The van der Waals surface area contributed by atoms with Gasteiger partial charge in [0.25, 0.3) is 0 Å². The molecule has 0 spiro atoms. The van der Waals surface area contributed by atoms with Gasteiger partial charge in [0.15, 0.2) is 55.9 Å². The summed E-state index contributed by atoms with van der Waals surface area (Å²) in [4.78, 5) is 53.7. The lowest BCUT2D eigenvalue weighted by Gasteiger charge is -2.51. The van der Waals surface area contributed by atoms with Crippen LogP contribution in [0.25, 0.3) is 0 Å². The average molecular weight is 1280 g/mol. The molecule has 0 radical (unpaired) electrons. The third-order valence-electron chi connectivity index (χ3n) is 18.0. The molecule has 26 nitrogen and oxygen atoms in total. The van der Waals surface area contributed by atoms with Gasteiger partial charge in [0.1, 0.15) is 73.2 Å². The van der Waals surface area contributed by atoms with E-state index < -0.39 is 190 Å². The van der Waals surface area contributed by atoms with Crippen LogP contribution in [0.2, 0.25) is 0 Å². The molecule has 0 amide bonds. The summed E-state index contributed by atoms with van der Waals surface area (Å²) >= 11 is 0. The minimum absolute atomic E-state index is 0.0547. The minimum Gasteiger partial charge on any atom is -0.457 e. The van der Waals surface area contributed by atoms with Gasteiger partial charge in [-0.2, -0.15) is 0 Å². The largest absolute Gasteiger partial charge is 0.457 e. The first-order valence-electron chi connectivity index (χ1n) is 33.2. The van der Waals surface area contributed by atoms with Gasteiger partial charge in [-0.05, 0) is 59.8 Å². The molecule has 6 saturated heterocycles. The van der Waals surface area contributed by atoms with E-state index in [1.165, 1.54) is 27.7 Å². The number of carbonyl (C=O) groups excluding carboxylic acids is 4. The van der Waals surface area contributed by atoms with E-state index >= 15 is 0 Å². The molecular formula is C63H108O26. The second-order valence-corrected chi connectivity index (χ2v) is 25.2. The summed E-state index contributed by atoms with van der Waals surface area (Å²) in [6.07, 6.45) is -23.9. The van der Waals surface area contributed by atoms with Crippen LogP contribution in [0.15, 0.2) is 0 Å². The van der Waals surface area contributed by atoms with Gasteiger partial charge in [-0.25, -0.2) is 0 Å². The first-order valence-corrected chi connectivity index (χ1v) is 33.2. The summed E-state index contributed by atoms with van der Waals surface area (Å²) in [7, 11) is 0. The van der Waals surface area contributed by atoms with E-state index in [0.717, 1.165) is 89.9 Å². The van der Waals surface area contributed by atoms with Crippen molar-refractivity contribution in [2.45, 2.75) is 363 Å². The van der Waals surface area contributed by atoms with Gasteiger partial charge < -0.3 is 107 Å². The first kappa shape index (κ1) is 75.2. The van der Waals surface area contributed by atoms with Crippen LogP contribution in [0.3, 0.4) is 0 Å². The Bertz CT molecular complexity index is 2090. The second-order valence-electron chi connectivity index (χ2n) is 25.2. The second kappa shape index (κ2) is 37.3. The predicted octanol–water partition coefficient (Wildman–Crippen LogP) is 4.09. The molecule has 0 saturated carbocycles. The number of unbranched alkanes of at least 4 members (excludes halogenated alkanes) is 8. The Kier molecular flexibility index (Phi) is 31.5. The van der Waals surface area contributed by atoms with Crippen LogP contribution in [-0.2, 0) is 85.5 Å². The molecule has 0 aromatic carbocycles. The highest BCUT2D eigenvalue weighted by Gasteiger charge is 2.59. The van der Waals surface area contributed by atoms with Crippen molar-refractivity contribution >= 4 is 23.9 Å². The Labute approximate surface area is 524 Å². The summed E-state index contributed by atoms with van der Waals surface area (Å²) in [5.41, 5.74) is 0. The molecule has 0 unspecified atom stereocenters. The van der Waals surface area contributed by atoms with Gasteiger partial charge in [0, 0.05) is 19.8 Å². The lowest BCUT2D eigenvalue weighted by Crippen LogP contribution is -2.68. The molecule has 6 fully saturated rings. The lowest BCUT2D eigenvalue weighted by molar-refractivity contribution is -0.400. The third-order valence-corrected chi connectivity index (χ3v) is 18.0. The fourth-order valence-electron chi connectivity index (χ4n) is 12.3. The zero-order valence-electron chi connectivity index (χ0n) is 53.8. The number of rotatable bonds is 24. The highest BCUT2D eigenvalue weighted by atomic mass is 16.8. The number of aliphatic hydroxyl groups is 8. The molecule has 0 aliphatic carbocycles. The Morgan fingerprint density at radius 2 is 1.03 bits per heavy atom. The van der Waals surface area contributed by atoms with Crippen molar-refractivity contribution in [3.63, 3.8) is 0 Å². The molecule has 27 atom stereocenters. The molecule has 0 aromatic rings. The predicted molar refractivity (Wildman–Crippen MR) is 312 cm³/mol. The fraction of sp³-hybridized carbons (Fsp3) is 0.937. The summed E-state index contributed by atoms with van der Waals surface area (Å²) in [5.74, 6) is -3.40. The SMILES string of the molecule is CCCCCCCCCC(=O)O[C@H]1[C@H](O[C@@H]2[C@@H](O)[C@H]3OC(=O)CCCCCCCCC[C@H](CCCCC)O[C@@H]4O[C@H](C)[C@H](OC(C)=O)[C@H](O)[C@H]4O[C@@H]3O[C@H]2C)O[C@@H](C)[C@H](O[C@@H]2O[C@@H](C)[C@H](OC(=O)[C@@H](C)CC)[C@@H](O)[C@H]2O)[C@H]1O[C@@H]1O[C@H](CO)[C@@H](O)[C@H](O)[C@H]1O. The molecule has 516 valence electrons. The number of ether oxygens (including phenoxy) is 14. The van der Waals surface area contributed by atoms with E-state index in [-0.39, 0.29) is 18.9 Å². The summed E-state index contributed by atoms with van der Waals surface area (Å²) in [5, 5.41) is 91.6. The molecule has 6 heterocycles. The molecule has 8 N–H and O–H groups in total. The van der Waals surface area contributed by atoms with Crippen LogP contribution in [0.1, 0.15) is 204 Å². The van der Waals surface area contributed by atoms with Crippen molar-refractivity contribution in [1.29, 1.82) is 0 Å². The zero-order chi connectivity index (χ0) is 65.1. The number of carbonyl (C=O) groups is 4. The highest BCUT2D eigenvalue weighted by Crippen LogP contribution is 2.40. The average Bonchev–Trinajstić information content (AvgIpc) is 0.999. The maximum absolute atomic E-state index is 14.3. The van der Waals surface area contributed by atoms with Gasteiger partial charge in [-0.1, -0.05) is 124 Å². The number of hydrogen-bond donors (Lipinski definition) is 8. The Morgan fingerprint density at radius 3 is 1.70 bits per heavy atom. The number of esters is 4. The Hall–Kier alpha value is -2.84. The quantitative estimate of drug-likeness (QED) is 0.0383. The van der Waals surface area contributed by atoms with Crippen molar-refractivity contribution in [1.82, 2.24) is 0 Å². The maximum Gasteiger partial charge on any atom is 0.309 e. The normalized spacial score (nSPS) is 40.9. The van der Waals surface area contributed by atoms with Gasteiger partial charge in [-0.15, -0.1) is 0 Å². The van der Waals surface area contributed by atoms with E-state index in [2.05, 4.69) is 13.8 Å². The van der Waals surface area contributed by atoms with Crippen LogP contribution in [0.5, 0.6) is 0 Å². The van der Waals surface area contributed by atoms with E-state index in [9.17, 15) is 60.0 Å². The van der Waals surface area contributed by atoms with Gasteiger partial charge in [-0.3, -0.25) is 19.2 Å². The molecule has 89 heavy (non-hydrogen) atoms. The van der Waals surface area contributed by atoms with E-state index in [1.807, 2.05) is 0 Å². The van der Waals surface area contributed by atoms with Gasteiger partial charge in [0.2, 0.25) is 0 Å². The molecule has 6 aliphatic heterocycles. The minimum atomic E-state index is -2.02. The van der Waals surface area contributed by atoms with Crippen molar-refractivity contribution in [3.8, 4) is 0 Å². The van der Waals surface area contributed by atoms with Crippen molar-refractivity contribution in [2.24, 2.45) is 5.92 Å². The Morgan fingerprint density at radius 1 is 0.506 bits per heavy atom. The molecule has 6 rings (SSSR count). The fourth-order valence-corrected chi connectivity index (χ4v) is 12.3. The summed E-state index contributed by atoms with van der Waals surface area (Å²) in [6.45, 7) is 14.1. The number of hydrogen-bond acceptors (Lipinski definition) is 26. The van der Waals surface area contributed by atoms with Crippen molar-refractivity contribution < 1.29 is 126 Å². The van der Waals surface area contributed by atoms with Gasteiger partial charge in [0.05, 0.1) is 43.0 Å². The zero-order valence-corrected chi connectivity index (χ0v) is 53.8. The first-order chi connectivity index (χ1) is 42.5. The third kappa shape index (κ3) is 21.1. The summed E-state index contributed by atoms with van der Waals surface area (Å²) in [6, 6.07) is 0. The van der Waals surface area contributed by atoms with Crippen LogP contribution < -0.4 is 0 Å². The van der Waals surface area contributed by atoms with E-state index in [1.54, 1.807) is 20.8 Å². The van der Waals surface area contributed by atoms with Crippen molar-refractivity contribution in [3.05, 3.63) is 0 Å². The molecular weight excluding hydrogens is 1170 g/mol. The van der Waals surface area contributed by atoms with Crippen LogP contribution in [0, 0.1) is 5.92 Å². The monoisotopic (exact) mass is 1280 g/mol. The van der Waals surface area contributed by atoms with Crippen LogP contribution in [-0.4, -0.2) is 231 Å². The molecule has 0 bridgehead atoms. The van der Waals surface area contributed by atoms with E-state index in [0.29, 0.717) is 38.5 Å². The topological polar surface area (TPSA) is 359 Å². The maximum atomic E-state index is 14.3. The van der Waals surface area contributed by atoms with Crippen LogP contribution in [0.4, 0.5) is 0 Å². The molecule has 6 aliphatic rings. The smallest absolute Gasteiger partial charge is 0.309 e. The lowest BCUT2D eigenvalue weighted by atomic mass is 9.95. The number of fused-ring (bicyclic) bond motifs is 2. The molecule has 26 heteroatoms. The van der Waals surface area contributed by atoms with E-state index in [4.69, 9.17) is 66.3 Å².